The fraction of sp³-hybridized carbons (Fsp3) is 0.611. The van der Waals surface area contributed by atoms with Gasteiger partial charge in [0.2, 0.25) is 0 Å². The van der Waals surface area contributed by atoms with Crippen LogP contribution in [0.2, 0.25) is 0 Å². The van der Waals surface area contributed by atoms with Crippen LogP contribution in [0.1, 0.15) is 31.7 Å². The molecule has 5 heteroatoms. The van der Waals surface area contributed by atoms with Crippen LogP contribution < -0.4 is 10.1 Å². The van der Waals surface area contributed by atoms with E-state index in [2.05, 4.69) is 12.2 Å². The summed E-state index contributed by atoms with van der Waals surface area (Å²) in [5.74, 6) is 0.839. The van der Waals surface area contributed by atoms with Crippen molar-refractivity contribution in [2.45, 2.75) is 32.6 Å². The van der Waals surface area contributed by atoms with Crippen molar-refractivity contribution in [1.29, 1.82) is 0 Å². The molecule has 23 heavy (non-hydrogen) atoms. The van der Waals surface area contributed by atoms with E-state index in [0.717, 1.165) is 38.0 Å². The number of ether oxygens (including phenoxy) is 1. The summed E-state index contributed by atoms with van der Waals surface area (Å²) < 4.78 is 5.14. The van der Waals surface area contributed by atoms with Crippen LogP contribution in [0.5, 0.6) is 5.75 Å². The van der Waals surface area contributed by atoms with Crippen molar-refractivity contribution < 1.29 is 14.6 Å². The Bertz CT molecular complexity index is 497. The molecule has 1 aliphatic heterocycles. The summed E-state index contributed by atoms with van der Waals surface area (Å²) >= 11 is 0. The van der Waals surface area contributed by atoms with Crippen LogP contribution >= 0.6 is 0 Å². The molecule has 2 rings (SSSR count). The maximum absolute atomic E-state index is 12.3. The van der Waals surface area contributed by atoms with Crippen LogP contribution in [-0.4, -0.2) is 49.4 Å². The van der Waals surface area contributed by atoms with Gasteiger partial charge in [-0.15, -0.1) is 0 Å². The Labute approximate surface area is 138 Å². The number of aliphatic hydroxyl groups excluding tert-OH is 1. The van der Waals surface area contributed by atoms with Gasteiger partial charge in [-0.05, 0) is 43.4 Å². The van der Waals surface area contributed by atoms with Crippen LogP contribution in [-0.2, 0) is 6.42 Å². The van der Waals surface area contributed by atoms with E-state index in [1.807, 2.05) is 29.2 Å². The van der Waals surface area contributed by atoms with Crippen LogP contribution in [0.15, 0.2) is 24.3 Å². The topological polar surface area (TPSA) is 61.8 Å². The Balaban J connectivity index is 1.79. The van der Waals surface area contributed by atoms with Gasteiger partial charge in [0.05, 0.1) is 13.7 Å². The Hall–Kier alpha value is -1.75. The molecule has 128 valence electrons. The highest BCUT2D eigenvalue weighted by molar-refractivity contribution is 5.74. The molecule has 2 N–H and O–H groups in total. The molecule has 1 saturated heterocycles. The second-order valence-corrected chi connectivity index (χ2v) is 6.37. The zero-order chi connectivity index (χ0) is 16.7. The Morgan fingerprint density at radius 1 is 1.39 bits per heavy atom. The lowest BCUT2D eigenvalue weighted by Crippen LogP contribution is -2.51. The summed E-state index contributed by atoms with van der Waals surface area (Å²) in [4.78, 5) is 14.2. The highest BCUT2D eigenvalue weighted by atomic mass is 16.5. The third kappa shape index (κ3) is 4.61. The highest BCUT2D eigenvalue weighted by Crippen LogP contribution is 2.32. The Morgan fingerprint density at radius 3 is 2.74 bits per heavy atom. The lowest BCUT2D eigenvalue weighted by molar-refractivity contribution is 0.0441. The van der Waals surface area contributed by atoms with Gasteiger partial charge in [-0.1, -0.05) is 19.1 Å². The van der Waals surface area contributed by atoms with Crippen molar-refractivity contribution in [1.82, 2.24) is 10.2 Å². The number of methoxy groups -OCH3 is 1. The summed E-state index contributed by atoms with van der Waals surface area (Å²) in [7, 11) is 1.65. The number of carbonyl (C=O) groups excluding carboxylic acids is 1. The molecule has 0 bridgehead atoms. The van der Waals surface area contributed by atoms with Crippen molar-refractivity contribution in [3.8, 4) is 5.75 Å². The number of likely N-dealkylation sites (tertiary alicyclic amines) is 1. The predicted octanol–water partition coefficient (Wildman–Crippen LogP) is 2.43. The molecule has 1 fully saturated rings. The van der Waals surface area contributed by atoms with Gasteiger partial charge in [0, 0.05) is 25.0 Å². The van der Waals surface area contributed by atoms with Crippen molar-refractivity contribution in [2.75, 3.05) is 33.4 Å². The lowest BCUT2D eigenvalue weighted by Gasteiger charge is -2.41. The normalized spacial score (nSPS) is 21.1. The van der Waals surface area contributed by atoms with Gasteiger partial charge in [0.15, 0.2) is 0 Å². The number of amides is 2. The van der Waals surface area contributed by atoms with E-state index in [9.17, 15) is 9.90 Å². The van der Waals surface area contributed by atoms with E-state index in [0.29, 0.717) is 13.1 Å². The van der Waals surface area contributed by atoms with Crippen LogP contribution in [0.3, 0.4) is 0 Å². The van der Waals surface area contributed by atoms with Crippen molar-refractivity contribution in [3.63, 3.8) is 0 Å². The van der Waals surface area contributed by atoms with E-state index in [-0.39, 0.29) is 18.1 Å². The van der Waals surface area contributed by atoms with Gasteiger partial charge in [-0.2, -0.15) is 0 Å². The van der Waals surface area contributed by atoms with Gasteiger partial charge in [0.25, 0.3) is 0 Å². The Morgan fingerprint density at radius 2 is 2.13 bits per heavy atom. The van der Waals surface area contributed by atoms with E-state index in [1.165, 1.54) is 5.56 Å². The van der Waals surface area contributed by atoms with Gasteiger partial charge >= 0.3 is 6.03 Å². The molecular formula is C18H28N2O3. The Kier molecular flexibility index (Phi) is 6.28. The number of piperidine rings is 1. The van der Waals surface area contributed by atoms with E-state index < -0.39 is 0 Å². The number of hydrogen-bond acceptors (Lipinski definition) is 3. The number of hydrogen-bond donors (Lipinski definition) is 2. The minimum absolute atomic E-state index is 0.0236. The second kappa shape index (κ2) is 8.20. The first kappa shape index (κ1) is 17.6. The quantitative estimate of drug-likeness (QED) is 0.846. The minimum atomic E-state index is -0.119. The number of carbonyl (C=O) groups is 1. The average Bonchev–Trinajstić information content (AvgIpc) is 2.62. The molecule has 0 unspecified atom stereocenters. The van der Waals surface area contributed by atoms with Gasteiger partial charge in [0.1, 0.15) is 5.75 Å². The molecule has 0 aromatic heterocycles. The molecule has 1 aliphatic rings. The number of aliphatic hydroxyl groups is 1. The largest absolute Gasteiger partial charge is 0.497 e. The molecule has 1 aromatic carbocycles. The zero-order valence-corrected chi connectivity index (χ0v) is 14.2. The third-order valence-electron chi connectivity index (χ3n) is 4.88. The highest BCUT2D eigenvalue weighted by Gasteiger charge is 2.35. The maximum Gasteiger partial charge on any atom is 0.317 e. The summed E-state index contributed by atoms with van der Waals surface area (Å²) in [6.45, 7) is 4.27. The summed E-state index contributed by atoms with van der Waals surface area (Å²) in [5.41, 5.74) is 1.05. The summed E-state index contributed by atoms with van der Waals surface area (Å²) in [6, 6.07) is 7.86. The van der Waals surface area contributed by atoms with Crippen LogP contribution in [0, 0.1) is 5.41 Å². The number of rotatable bonds is 6. The lowest BCUT2D eigenvalue weighted by atomic mass is 9.78. The first-order chi connectivity index (χ1) is 11.1. The van der Waals surface area contributed by atoms with Crippen LogP contribution in [0.4, 0.5) is 4.79 Å². The SMILES string of the molecule is CC[C@]1(CO)CCCN(C(=O)NCCc2ccc(OC)cc2)C1. The van der Waals surface area contributed by atoms with E-state index >= 15 is 0 Å². The molecule has 2 amide bonds. The summed E-state index contributed by atoms with van der Waals surface area (Å²) in [5, 5.41) is 12.6. The predicted molar refractivity (Wildman–Crippen MR) is 90.7 cm³/mol. The molecule has 0 aliphatic carbocycles. The number of benzene rings is 1. The van der Waals surface area contributed by atoms with Gasteiger partial charge in [-0.25, -0.2) is 4.79 Å². The zero-order valence-electron chi connectivity index (χ0n) is 14.2. The second-order valence-electron chi connectivity index (χ2n) is 6.37. The van der Waals surface area contributed by atoms with E-state index in [1.54, 1.807) is 7.11 Å². The van der Waals surface area contributed by atoms with Crippen molar-refractivity contribution in [3.05, 3.63) is 29.8 Å². The molecule has 1 heterocycles. The monoisotopic (exact) mass is 320 g/mol. The smallest absolute Gasteiger partial charge is 0.317 e. The van der Waals surface area contributed by atoms with Crippen molar-refractivity contribution >= 4 is 6.03 Å². The maximum atomic E-state index is 12.3. The molecule has 5 nitrogen and oxygen atoms in total. The van der Waals surface area contributed by atoms with Crippen LogP contribution in [0.25, 0.3) is 0 Å². The molecule has 1 aromatic rings. The molecule has 0 radical (unpaired) electrons. The third-order valence-corrected chi connectivity index (χ3v) is 4.88. The van der Waals surface area contributed by atoms with Crippen molar-refractivity contribution in [2.24, 2.45) is 5.41 Å². The number of nitrogens with zero attached hydrogens (tertiary/aromatic N) is 1. The molecular weight excluding hydrogens is 292 g/mol. The number of nitrogens with one attached hydrogen (secondary N) is 1. The molecule has 1 atom stereocenters. The minimum Gasteiger partial charge on any atom is -0.497 e. The molecule has 0 spiro atoms. The fourth-order valence-electron chi connectivity index (χ4n) is 3.13. The molecule has 0 saturated carbocycles. The average molecular weight is 320 g/mol. The first-order valence-electron chi connectivity index (χ1n) is 8.39. The van der Waals surface area contributed by atoms with Gasteiger partial charge < -0.3 is 20.1 Å². The van der Waals surface area contributed by atoms with Gasteiger partial charge in [-0.3, -0.25) is 0 Å². The summed E-state index contributed by atoms with van der Waals surface area (Å²) in [6.07, 6.45) is 3.65. The van der Waals surface area contributed by atoms with E-state index in [4.69, 9.17) is 4.74 Å². The number of urea groups is 1. The standard InChI is InChI=1S/C18H28N2O3/c1-3-18(14-21)10-4-12-20(13-18)17(22)19-11-9-15-5-7-16(23-2)8-6-15/h5-8,21H,3-4,9-14H2,1-2H3,(H,19,22)/t18-/m0/s1. The first-order valence-corrected chi connectivity index (χ1v) is 8.39. The fourth-order valence-corrected chi connectivity index (χ4v) is 3.13.